The summed E-state index contributed by atoms with van der Waals surface area (Å²) >= 11 is 0. The molecular formula is C25H27N3O3. The fraction of sp³-hybridized carbons (Fsp3) is 0.320. The summed E-state index contributed by atoms with van der Waals surface area (Å²) in [5.41, 5.74) is 2.36. The van der Waals surface area contributed by atoms with E-state index in [0.29, 0.717) is 11.9 Å². The van der Waals surface area contributed by atoms with Crippen molar-refractivity contribution in [2.24, 2.45) is 0 Å². The third-order valence-corrected chi connectivity index (χ3v) is 5.70. The number of carbonyl (C=O) groups excluding carboxylic acids is 1. The molecule has 0 aliphatic heterocycles. The molecule has 0 saturated carbocycles. The average molecular weight is 418 g/mol. The number of fused-ring (bicyclic) bond motifs is 2. The number of aromatic nitrogens is 2. The fourth-order valence-electron chi connectivity index (χ4n) is 3.95. The predicted molar refractivity (Wildman–Crippen MR) is 122 cm³/mol. The van der Waals surface area contributed by atoms with Crippen molar-refractivity contribution in [2.45, 2.75) is 46.2 Å². The van der Waals surface area contributed by atoms with Crippen LogP contribution in [0.15, 0.2) is 57.7 Å². The van der Waals surface area contributed by atoms with Crippen LogP contribution < -0.4 is 5.56 Å². The lowest BCUT2D eigenvalue weighted by atomic mass is 10.1. The molecule has 1 amide bonds. The zero-order valence-corrected chi connectivity index (χ0v) is 18.2. The van der Waals surface area contributed by atoms with Crippen LogP contribution in [-0.4, -0.2) is 27.6 Å². The number of hydrogen-bond acceptors (Lipinski definition) is 4. The van der Waals surface area contributed by atoms with Crippen molar-refractivity contribution < 1.29 is 9.21 Å². The van der Waals surface area contributed by atoms with Gasteiger partial charge in [-0.25, -0.2) is 4.68 Å². The zero-order valence-electron chi connectivity index (χ0n) is 18.2. The molecule has 2 heterocycles. The molecule has 0 N–H and O–H groups in total. The Morgan fingerprint density at radius 2 is 1.74 bits per heavy atom. The second-order valence-electron chi connectivity index (χ2n) is 7.95. The number of aryl methyl sites for hydroxylation is 2. The van der Waals surface area contributed by atoms with Crippen LogP contribution in [0.4, 0.5) is 0 Å². The van der Waals surface area contributed by atoms with Crippen molar-refractivity contribution in [2.75, 3.05) is 7.05 Å². The Morgan fingerprint density at radius 3 is 2.48 bits per heavy atom. The second-order valence-corrected chi connectivity index (χ2v) is 7.95. The Bertz CT molecular complexity index is 1300. The Kier molecular flexibility index (Phi) is 5.89. The Morgan fingerprint density at radius 1 is 1.06 bits per heavy atom. The second kappa shape index (κ2) is 8.76. The van der Waals surface area contributed by atoms with Crippen LogP contribution >= 0.6 is 0 Å². The molecule has 31 heavy (non-hydrogen) atoms. The molecule has 2 aromatic carbocycles. The Labute approximate surface area is 181 Å². The van der Waals surface area contributed by atoms with Gasteiger partial charge in [0.25, 0.3) is 5.56 Å². The summed E-state index contributed by atoms with van der Waals surface area (Å²) in [6, 6.07) is 15.3. The monoisotopic (exact) mass is 417 g/mol. The highest BCUT2D eigenvalue weighted by Crippen LogP contribution is 2.28. The molecule has 0 spiro atoms. The van der Waals surface area contributed by atoms with Crippen molar-refractivity contribution >= 4 is 27.6 Å². The van der Waals surface area contributed by atoms with Gasteiger partial charge in [0.15, 0.2) is 0 Å². The highest BCUT2D eigenvalue weighted by atomic mass is 16.3. The number of furan rings is 1. The van der Waals surface area contributed by atoms with Gasteiger partial charge >= 0.3 is 0 Å². The molecule has 4 aromatic rings. The molecule has 6 heteroatoms. The molecular weight excluding hydrogens is 390 g/mol. The lowest BCUT2D eigenvalue weighted by molar-refractivity contribution is -0.131. The first-order valence-corrected chi connectivity index (χ1v) is 10.7. The van der Waals surface area contributed by atoms with Crippen LogP contribution in [0, 0.1) is 6.92 Å². The highest BCUT2D eigenvalue weighted by molar-refractivity contribution is 5.85. The van der Waals surface area contributed by atoms with Crippen LogP contribution in [0.5, 0.6) is 0 Å². The number of para-hydroxylation sites is 1. The molecule has 0 atom stereocenters. The lowest BCUT2D eigenvalue weighted by Gasteiger charge is -2.18. The number of amides is 1. The van der Waals surface area contributed by atoms with Gasteiger partial charge in [-0.3, -0.25) is 9.59 Å². The Hall–Kier alpha value is -3.41. The molecule has 6 nitrogen and oxygen atoms in total. The van der Waals surface area contributed by atoms with Gasteiger partial charge in [-0.15, -0.1) is 0 Å². The maximum atomic E-state index is 13.0. The third kappa shape index (κ3) is 4.10. The number of rotatable bonds is 7. The molecule has 0 saturated heterocycles. The van der Waals surface area contributed by atoms with E-state index < -0.39 is 0 Å². The molecule has 0 radical (unpaired) electrons. The summed E-state index contributed by atoms with van der Waals surface area (Å²) in [6.45, 7) is 4.33. The van der Waals surface area contributed by atoms with E-state index in [2.05, 4.69) is 12.0 Å². The predicted octanol–water partition coefficient (Wildman–Crippen LogP) is 4.45. The first kappa shape index (κ1) is 20.8. The standard InChI is InChI=1S/C25H27N3O3/c1-4-5-13-23-21(19-11-8-9-14-22(19)31-23)15-27(3)24(29)16-28-25(30)20-12-7-6-10-18(20)17(2)26-28/h6-12,14H,4-5,13,15-16H2,1-3H3. The first-order valence-electron chi connectivity index (χ1n) is 10.7. The molecule has 160 valence electrons. The summed E-state index contributed by atoms with van der Waals surface area (Å²) in [4.78, 5) is 27.5. The van der Waals surface area contributed by atoms with E-state index in [1.54, 1.807) is 18.0 Å². The van der Waals surface area contributed by atoms with E-state index in [9.17, 15) is 9.59 Å². The van der Waals surface area contributed by atoms with Gasteiger partial charge in [-0.2, -0.15) is 5.10 Å². The van der Waals surface area contributed by atoms with Crippen molar-refractivity contribution in [1.29, 1.82) is 0 Å². The quantitative estimate of drug-likeness (QED) is 0.445. The molecule has 0 fully saturated rings. The van der Waals surface area contributed by atoms with Crippen molar-refractivity contribution in [3.05, 3.63) is 75.9 Å². The zero-order chi connectivity index (χ0) is 22.0. The molecule has 2 aromatic heterocycles. The number of unbranched alkanes of at least 4 members (excludes halogenated alkanes) is 1. The largest absolute Gasteiger partial charge is 0.461 e. The smallest absolute Gasteiger partial charge is 0.275 e. The van der Waals surface area contributed by atoms with Gasteiger partial charge in [0.05, 0.1) is 11.1 Å². The molecule has 4 rings (SSSR count). The molecule has 0 unspecified atom stereocenters. The van der Waals surface area contributed by atoms with E-state index in [1.165, 1.54) is 4.68 Å². The first-order chi connectivity index (χ1) is 15.0. The minimum absolute atomic E-state index is 0.0961. The third-order valence-electron chi connectivity index (χ3n) is 5.70. The van der Waals surface area contributed by atoms with Gasteiger partial charge in [0.2, 0.25) is 5.91 Å². The number of hydrogen-bond donors (Lipinski definition) is 0. The number of carbonyl (C=O) groups is 1. The Balaban J connectivity index is 1.59. The summed E-state index contributed by atoms with van der Waals surface area (Å²) in [5, 5.41) is 6.79. The summed E-state index contributed by atoms with van der Waals surface area (Å²) in [7, 11) is 1.76. The average Bonchev–Trinajstić information content (AvgIpc) is 3.13. The summed E-state index contributed by atoms with van der Waals surface area (Å²) in [6.07, 6.45) is 2.94. The van der Waals surface area contributed by atoms with Crippen LogP contribution in [0.1, 0.15) is 36.8 Å². The van der Waals surface area contributed by atoms with E-state index in [0.717, 1.165) is 52.6 Å². The number of benzene rings is 2. The number of nitrogens with zero attached hydrogens (tertiary/aromatic N) is 3. The van der Waals surface area contributed by atoms with Crippen LogP contribution in [0.2, 0.25) is 0 Å². The van der Waals surface area contributed by atoms with Crippen LogP contribution in [0.25, 0.3) is 21.7 Å². The van der Waals surface area contributed by atoms with E-state index >= 15 is 0 Å². The minimum Gasteiger partial charge on any atom is -0.461 e. The number of likely N-dealkylation sites (N-methyl/N-ethyl adjacent to an activating group) is 1. The van der Waals surface area contributed by atoms with Crippen molar-refractivity contribution in [3.8, 4) is 0 Å². The van der Waals surface area contributed by atoms with E-state index in [1.807, 2.05) is 49.4 Å². The normalized spacial score (nSPS) is 11.3. The van der Waals surface area contributed by atoms with Crippen LogP contribution in [0.3, 0.4) is 0 Å². The maximum absolute atomic E-state index is 13.0. The van der Waals surface area contributed by atoms with Gasteiger partial charge < -0.3 is 9.32 Å². The van der Waals surface area contributed by atoms with Crippen molar-refractivity contribution in [1.82, 2.24) is 14.7 Å². The van der Waals surface area contributed by atoms with E-state index in [4.69, 9.17) is 4.42 Å². The minimum atomic E-state index is -0.250. The fourth-order valence-corrected chi connectivity index (χ4v) is 3.95. The van der Waals surface area contributed by atoms with Crippen molar-refractivity contribution in [3.63, 3.8) is 0 Å². The van der Waals surface area contributed by atoms with Gasteiger partial charge in [-0.05, 0) is 25.5 Å². The molecule has 0 bridgehead atoms. The van der Waals surface area contributed by atoms with E-state index in [-0.39, 0.29) is 18.0 Å². The SMILES string of the molecule is CCCCc1oc2ccccc2c1CN(C)C(=O)Cn1nc(C)c2ccccc2c1=O. The topological polar surface area (TPSA) is 68.3 Å². The van der Waals surface area contributed by atoms with Crippen LogP contribution in [-0.2, 0) is 24.3 Å². The van der Waals surface area contributed by atoms with Gasteiger partial charge in [0.1, 0.15) is 17.9 Å². The summed E-state index contributed by atoms with van der Waals surface area (Å²) in [5.74, 6) is 0.760. The molecule has 0 aliphatic rings. The molecule has 0 aliphatic carbocycles. The lowest BCUT2D eigenvalue weighted by Crippen LogP contribution is -2.35. The highest BCUT2D eigenvalue weighted by Gasteiger charge is 2.19. The van der Waals surface area contributed by atoms with Gasteiger partial charge in [-0.1, -0.05) is 49.7 Å². The maximum Gasteiger partial charge on any atom is 0.275 e. The van der Waals surface area contributed by atoms with Gasteiger partial charge in [0, 0.05) is 36.3 Å². The summed E-state index contributed by atoms with van der Waals surface area (Å²) < 4.78 is 7.34.